The molecule has 1 unspecified atom stereocenters. The largest absolute Gasteiger partial charge is 0.357 e. The maximum absolute atomic E-state index is 11.3. The average molecular weight is 187 g/mol. The summed E-state index contributed by atoms with van der Waals surface area (Å²) in [6, 6.07) is 0. The van der Waals surface area contributed by atoms with Gasteiger partial charge in [-0.3, -0.25) is 4.79 Å². The third-order valence-electron chi connectivity index (χ3n) is 2.75. The van der Waals surface area contributed by atoms with Gasteiger partial charge < -0.3 is 14.8 Å². The second kappa shape index (κ2) is 4.07. The van der Waals surface area contributed by atoms with Gasteiger partial charge in [-0.1, -0.05) is 13.8 Å². The molecular formula is C9H17NO3. The van der Waals surface area contributed by atoms with E-state index in [1.54, 1.807) is 14.2 Å². The average Bonchev–Trinajstić information content (AvgIpc) is 2.43. The molecule has 4 nitrogen and oxygen atoms in total. The minimum atomic E-state index is -0.370. The van der Waals surface area contributed by atoms with E-state index in [0.29, 0.717) is 0 Å². The number of methoxy groups -OCH3 is 1. The second-order valence-corrected chi connectivity index (χ2v) is 3.49. The quantitative estimate of drug-likeness (QED) is 0.679. The van der Waals surface area contributed by atoms with E-state index in [1.165, 1.54) is 0 Å². The normalized spacial score (nSPS) is 39.1. The van der Waals surface area contributed by atoms with Gasteiger partial charge in [-0.2, -0.15) is 0 Å². The molecule has 0 aromatic heterocycles. The zero-order valence-corrected chi connectivity index (χ0v) is 8.53. The fourth-order valence-electron chi connectivity index (χ4n) is 1.63. The predicted molar refractivity (Wildman–Crippen MR) is 48.1 cm³/mol. The minimum Gasteiger partial charge on any atom is -0.357 e. The molecule has 1 fully saturated rings. The molecule has 1 rings (SSSR count). The fourth-order valence-corrected chi connectivity index (χ4v) is 1.63. The molecule has 0 radical (unpaired) electrons. The standard InChI is InChI=1S/C9H17NO3/c1-5-6(2)9(12-4)13-7(5)8(11)10-3/h5-7,9H,1-4H3,(H,10,11)/t5-,6+,7-,9?/m0/s1. The van der Waals surface area contributed by atoms with Crippen LogP contribution in [0.2, 0.25) is 0 Å². The summed E-state index contributed by atoms with van der Waals surface area (Å²) in [5.41, 5.74) is 0. The Labute approximate surface area is 78.6 Å². The third kappa shape index (κ3) is 1.84. The van der Waals surface area contributed by atoms with Crippen LogP contribution >= 0.6 is 0 Å². The maximum atomic E-state index is 11.3. The molecule has 4 atom stereocenters. The Morgan fingerprint density at radius 3 is 2.38 bits per heavy atom. The molecule has 76 valence electrons. The van der Waals surface area contributed by atoms with Gasteiger partial charge in [0.2, 0.25) is 5.91 Å². The molecule has 0 aliphatic carbocycles. The highest BCUT2D eigenvalue weighted by Crippen LogP contribution is 2.32. The van der Waals surface area contributed by atoms with E-state index in [4.69, 9.17) is 9.47 Å². The molecule has 1 heterocycles. The van der Waals surface area contributed by atoms with E-state index >= 15 is 0 Å². The Morgan fingerprint density at radius 2 is 2.00 bits per heavy atom. The number of carbonyl (C=O) groups excluding carboxylic acids is 1. The molecule has 0 aromatic rings. The first kappa shape index (κ1) is 10.5. The maximum Gasteiger partial charge on any atom is 0.249 e. The monoisotopic (exact) mass is 187 g/mol. The molecule has 1 aliphatic rings. The van der Waals surface area contributed by atoms with Crippen LogP contribution in [0.1, 0.15) is 13.8 Å². The van der Waals surface area contributed by atoms with E-state index in [-0.39, 0.29) is 30.1 Å². The van der Waals surface area contributed by atoms with Crippen LogP contribution in [0.5, 0.6) is 0 Å². The molecule has 0 spiro atoms. The fraction of sp³-hybridized carbons (Fsp3) is 0.889. The van der Waals surface area contributed by atoms with Crippen LogP contribution in [0.25, 0.3) is 0 Å². The highest BCUT2D eigenvalue weighted by atomic mass is 16.7. The Kier molecular flexibility index (Phi) is 3.27. The van der Waals surface area contributed by atoms with Crippen molar-refractivity contribution >= 4 is 5.91 Å². The molecule has 1 aliphatic heterocycles. The van der Waals surface area contributed by atoms with Crippen molar-refractivity contribution in [3.63, 3.8) is 0 Å². The number of likely N-dealkylation sites (N-methyl/N-ethyl adjacent to an activating group) is 1. The lowest BCUT2D eigenvalue weighted by molar-refractivity contribution is -0.152. The Morgan fingerprint density at radius 1 is 1.38 bits per heavy atom. The van der Waals surface area contributed by atoms with Crippen molar-refractivity contribution in [1.29, 1.82) is 0 Å². The Bertz CT molecular complexity index is 195. The molecule has 1 N–H and O–H groups in total. The predicted octanol–water partition coefficient (Wildman–Crippen LogP) is 0.376. The SMILES string of the molecule is CNC(=O)[C@H]1OC(OC)[C@H](C)[C@@H]1C. The summed E-state index contributed by atoms with van der Waals surface area (Å²) in [6.45, 7) is 4.03. The van der Waals surface area contributed by atoms with E-state index < -0.39 is 0 Å². The first-order chi connectivity index (χ1) is 6.11. The van der Waals surface area contributed by atoms with Crippen molar-refractivity contribution in [2.24, 2.45) is 11.8 Å². The van der Waals surface area contributed by atoms with E-state index in [2.05, 4.69) is 5.32 Å². The third-order valence-corrected chi connectivity index (χ3v) is 2.75. The number of hydrogen-bond donors (Lipinski definition) is 1. The summed E-state index contributed by atoms with van der Waals surface area (Å²) < 4.78 is 10.6. The molecule has 0 saturated carbocycles. The first-order valence-corrected chi connectivity index (χ1v) is 4.51. The summed E-state index contributed by atoms with van der Waals surface area (Å²) in [7, 11) is 3.21. The van der Waals surface area contributed by atoms with Crippen LogP contribution in [0.15, 0.2) is 0 Å². The summed E-state index contributed by atoms with van der Waals surface area (Å²) >= 11 is 0. The summed E-state index contributed by atoms with van der Waals surface area (Å²) in [5, 5.41) is 2.58. The number of nitrogens with one attached hydrogen (secondary N) is 1. The zero-order valence-electron chi connectivity index (χ0n) is 8.53. The van der Waals surface area contributed by atoms with Gasteiger partial charge in [-0.05, 0) is 5.92 Å². The molecule has 0 aromatic carbocycles. The highest BCUT2D eigenvalue weighted by Gasteiger charge is 2.42. The second-order valence-electron chi connectivity index (χ2n) is 3.49. The number of carbonyl (C=O) groups is 1. The topological polar surface area (TPSA) is 47.6 Å². The number of rotatable bonds is 2. The van der Waals surface area contributed by atoms with Gasteiger partial charge in [0.25, 0.3) is 0 Å². The minimum absolute atomic E-state index is 0.0705. The lowest BCUT2D eigenvalue weighted by Gasteiger charge is -2.13. The molecule has 13 heavy (non-hydrogen) atoms. The van der Waals surface area contributed by atoms with Crippen molar-refractivity contribution in [2.45, 2.75) is 26.2 Å². The van der Waals surface area contributed by atoms with E-state index in [0.717, 1.165) is 0 Å². The van der Waals surface area contributed by atoms with Crippen molar-refractivity contribution in [3.8, 4) is 0 Å². The van der Waals surface area contributed by atoms with Gasteiger partial charge in [0.05, 0.1) is 0 Å². The van der Waals surface area contributed by atoms with Crippen molar-refractivity contribution in [2.75, 3.05) is 14.2 Å². The number of ether oxygens (including phenoxy) is 2. The lowest BCUT2D eigenvalue weighted by atomic mass is 9.93. The summed E-state index contributed by atoms with van der Waals surface area (Å²) in [4.78, 5) is 11.3. The van der Waals surface area contributed by atoms with Crippen molar-refractivity contribution in [1.82, 2.24) is 5.32 Å². The van der Waals surface area contributed by atoms with Gasteiger partial charge in [0.15, 0.2) is 6.29 Å². The molecule has 0 bridgehead atoms. The van der Waals surface area contributed by atoms with E-state index in [1.807, 2.05) is 13.8 Å². The zero-order chi connectivity index (χ0) is 10.0. The Balaban J connectivity index is 2.65. The van der Waals surface area contributed by atoms with E-state index in [9.17, 15) is 4.79 Å². The van der Waals surface area contributed by atoms with Crippen molar-refractivity contribution < 1.29 is 14.3 Å². The van der Waals surface area contributed by atoms with Gasteiger partial charge in [-0.15, -0.1) is 0 Å². The molecule has 1 saturated heterocycles. The van der Waals surface area contributed by atoms with Crippen LogP contribution in [-0.4, -0.2) is 32.5 Å². The number of amides is 1. The van der Waals surface area contributed by atoms with Crippen LogP contribution in [-0.2, 0) is 14.3 Å². The highest BCUT2D eigenvalue weighted by molar-refractivity contribution is 5.81. The van der Waals surface area contributed by atoms with Crippen molar-refractivity contribution in [3.05, 3.63) is 0 Å². The molecular weight excluding hydrogens is 170 g/mol. The van der Waals surface area contributed by atoms with Gasteiger partial charge in [-0.25, -0.2) is 0 Å². The lowest BCUT2D eigenvalue weighted by Crippen LogP contribution is -2.35. The summed E-state index contributed by atoms with van der Waals surface area (Å²) in [5.74, 6) is 0.385. The molecule has 1 amide bonds. The molecule has 4 heteroatoms. The van der Waals surface area contributed by atoms with Crippen LogP contribution in [0, 0.1) is 11.8 Å². The Hall–Kier alpha value is -0.610. The van der Waals surface area contributed by atoms with Gasteiger partial charge >= 0.3 is 0 Å². The van der Waals surface area contributed by atoms with Gasteiger partial charge in [0.1, 0.15) is 6.10 Å². The smallest absolute Gasteiger partial charge is 0.249 e. The summed E-state index contributed by atoms with van der Waals surface area (Å²) in [6.07, 6.45) is -0.623. The first-order valence-electron chi connectivity index (χ1n) is 4.51. The number of hydrogen-bond acceptors (Lipinski definition) is 3. The van der Waals surface area contributed by atoms with Gasteiger partial charge in [0, 0.05) is 20.1 Å². The van der Waals surface area contributed by atoms with Crippen LogP contribution in [0.3, 0.4) is 0 Å². The van der Waals surface area contributed by atoms with Crippen LogP contribution in [0.4, 0.5) is 0 Å². The van der Waals surface area contributed by atoms with Crippen LogP contribution < -0.4 is 5.32 Å².